The van der Waals surface area contributed by atoms with E-state index in [0.717, 1.165) is 10.6 Å². The van der Waals surface area contributed by atoms with E-state index in [0.29, 0.717) is 22.2 Å². The molecule has 7 heteroatoms. The molecule has 0 N–H and O–H groups in total. The lowest BCUT2D eigenvalue weighted by molar-refractivity contribution is 0.605. The van der Waals surface area contributed by atoms with Crippen LogP contribution < -0.4 is 20.7 Å². The van der Waals surface area contributed by atoms with E-state index in [1.807, 2.05) is 78.9 Å². The van der Waals surface area contributed by atoms with Gasteiger partial charge >= 0.3 is 0 Å². The molecule has 4 aromatic carbocycles. The zero-order chi connectivity index (χ0) is 23.1. The van der Waals surface area contributed by atoms with Crippen molar-refractivity contribution in [3.63, 3.8) is 0 Å². The van der Waals surface area contributed by atoms with Gasteiger partial charge in [0.25, 0.3) is 11.4 Å². The first-order valence-electron chi connectivity index (χ1n) is 10.7. The smallest absolute Gasteiger partial charge is 0.266 e. The van der Waals surface area contributed by atoms with Crippen LogP contribution in [0.4, 0.5) is 4.39 Å². The largest absolute Gasteiger partial charge is 0.444 e. The summed E-state index contributed by atoms with van der Waals surface area (Å²) in [6.07, 6.45) is 0. The molecule has 0 aliphatic heterocycles. The molecule has 6 rings (SSSR count). The van der Waals surface area contributed by atoms with Crippen LogP contribution in [-0.4, -0.2) is 14.4 Å². The van der Waals surface area contributed by atoms with Gasteiger partial charge in [0.05, 0.1) is 21.9 Å². The van der Waals surface area contributed by atoms with Crippen molar-refractivity contribution >= 4 is 46.3 Å². The Bertz CT molecular complexity index is 1680. The molecular weight excluding hydrogens is 448 g/mol. The standard InChI is InChI=1S/C27H17FN3O2P/c28-18-15-16-22-21(17-18)27(32)31-24-14-8-7-13-23(24)30-26(25(31)29-22)33-34(19-9-3-1-4-10-19)20-11-5-2-6-12-20/h1-17H. The minimum atomic E-state index is -1.29. The summed E-state index contributed by atoms with van der Waals surface area (Å²) in [6.45, 7) is 0. The zero-order valence-corrected chi connectivity index (χ0v) is 18.7. The fourth-order valence-corrected chi connectivity index (χ4v) is 5.65. The van der Waals surface area contributed by atoms with Crippen LogP contribution in [0.1, 0.15) is 0 Å². The van der Waals surface area contributed by atoms with Crippen LogP contribution in [0.5, 0.6) is 5.88 Å². The molecule has 0 amide bonds. The van der Waals surface area contributed by atoms with Gasteiger partial charge in [-0.2, -0.15) is 0 Å². The number of rotatable bonds is 4. The highest BCUT2D eigenvalue weighted by atomic mass is 31.1. The minimum Gasteiger partial charge on any atom is -0.444 e. The third-order valence-corrected chi connectivity index (χ3v) is 7.42. The van der Waals surface area contributed by atoms with Gasteiger partial charge in [0.2, 0.25) is 5.65 Å². The molecule has 0 saturated carbocycles. The molecule has 164 valence electrons. The average molecular weight is 465 g/mol. The number of hydrogen-bond acceptors (Lipinski definition) is 4. The summed E-state index contributed by atoms with van der Waals surface area (Å²) in [4.78, 5) is 23.0. The van der Waals surface area contributed by atoms with E-state index in [4.69, 9.17) is 9.51 Å². The summed E-state index contributed by atoms with van der Waals surface area (Å²) in [5, 5.41) is 2.21. The maximum Gasteiger partial charge on any atom is 0.266 e. The summed E-state index contributed by atoms with van der Waals surface area (Å²) >= 11 is 0. The molecule has 0 aliphatic rings. The highest BCUT2D eigenvalue weighted by Crippen LogP contribution is 2.38. The Kier molecular flexibility index (Phi) is 5.01. The molecule has 0 fully saturated rings. The number of hydrogen-bond donors (Lipinski definition) is 0. The molecule has 0 atom stereocenters. The average Bonchev–Trinajstić information content (AvgIpc) is 2.88. The van der Waals surface area contributed by atoms with Crippen molar-refractivity contribution < 1.29 is 8.91 Å². The van der Waals surface area contributed by atoms with E-state index in [2.05, 4.69) is 4.98 Å². The lowest BCUT2D eigenvalue weighted by Crippen LogP contribution is -2.20. The Labute approximate surface area is 195 Å². The van der Waals surface area contributed by atoms with Gasteiger partial charge in [-0.15, -0.1) is 0 Å². The van der Waals surface area contributed by atoms with E-state index in [-0.39, 0.29) is 16.8 Å². The maximum absolute atomic E-state index is 13.9. The topological polar surface area (TPSA) is 56.5 Å². The van der Waals surface area contributed by atoms with Gasteiger partial charge in [-0.25, -0.2) is 14.4 Å². The Hall–Kier alpha value is -4.15. The van der Waals surface area contributed by atoms with E-state index >= 15 is 0 Å². The van der Waals surface area contributed by atoms with Crippen molar-refractivity contribution in [1.29, 1.82) is 0 Å². The van der Waals surface area contributed by atoms with Crippen LogP contribution in [0.15, 0.2) is 108 Å². The molecule has 0 aliphatic carbocycles. The molecule has 0 spiro atoms. The lowest BCUT2D eigenvalue weighted by atomic mass is 10.2. The fourth-order valence-electron chi connectivity index (χ4n) is 3.96. The van der Waals surface area contributed by atoms with Crippen LogP contribution in [0.2, 0.25) is 0 Å². The highest BCUT2D eigenvalue weighted by Gasteiger charge is 2.22. The number of halogens is 1. The van der Waals surface area contributed by atoms with Gasteiger partial charge in [0, 0.05) is 10.6 Å². The molecule has 5 nitrogen and oxygen atoms in total. The maximum atomic E-state index is 13.9. The molecule has 6 aromatic rings. The van der Waals surface area contributed by atoms with Crippen LogP contribution in [0, 0.1) is 5.82 Å². The van der Waals surface area contributed by atoms with Gasteiger partial charge in [-0.3, -0.25) is 9.20 Å². The fraction of sp³-hybridized carbons (Fsp3) is 0. The Morgan fingerprint density at radius 3 is 2.09 bits per heavy atom. The van der Waals surface area contributed by atoms with Crippen molar-refractivity contribution in [2.45, 2.75) is 0 Å². The first-order chi connectivity index (χ1) is 16.7. The molecule has 0 unspecified atom stereocenters. The Morgan fingerprint density at radius 1 is 0.735 bits per heavy atom. The van der Waals surface area contributed by atoms with E-state index < -0.39 is 14.0 Å². The van der Waals surface area contributed by atoms with Crippen molar-refractivity contribution in [2.24, 2.45) is 0 Å². The molecule has 0 radical (unpaired) electrons. The van der Waals surface area contributed by atoms with E-state index in [1.54, 1.807) is 6.07 Å². The van der Waals surface area contributed by atoms with Gasteiger partial charge in [0.15, 0.2) is 8.15 Å². The second-order valence-corrected chi connectivity index (χ2v) is 9.50. The number of para-hydroxylation sites is 2. The number of benzene rings is 4. The van der Waals surface area contributed by atoms with Crippen molar-refractivity contribution in [2.75, 3.05) is 0 Å². The highest BCUT2D eigenvalue weighted by molar-refractivity contribution is 7.68. The Balaban J connectivity index is 1.65. The Morgan fingerprint density at radius 2 is 1.38 bits per heavy atom. The molecule has 34 heavy (non-hydrogen) atoms. The molecular formula is C27H17FN3O2P. The second-order valence-electron chi connectivity index (χ2n) is 7.70. The first-order valence-corrected chi connectivity index (χ1v) is 11.9. The van der Waals surface area contributed by atoms with Gasteiger partial charge < -0.3 is 4.52 Å². The van der Waals surface area contributed by atoms with Crippen LogP contribution in [-0.2, 0) is 0 Å². The van der Waals surface area contributed by atoms with Gasteiger partial charge in [0.1, 0.15) is 5.82 Å². The third-order valence-electron chi connectivity index (χ3n) is 5.53. The lowest BCUT2D eigenvalue weighted by Gasteiger charge is -2.20. The molecule has 0 bridgehead atoms. The summed E-state index contributed by atoms with van der Waals surface area (Å²) < 4.78 is 22.0. The predicted molar refractivity (Wildman–Crippen MR) is 134 cm³/mol. The van der Waals surface area contributed by atoms with E-state index in [9.17, 15) is 9.18 Å². The summed E-state index contributed by atoms with van der Waals surface area (Å²) in [5.74, 6) is -0.237. The van der Waals surface area contributed by atoms with Crippen molar-refractivity contribution in [3.8, 4) is 5.88 Å². The summed E-state index contributed by atoms with van der Waals surface area (Å²) in [6, 6.07) is 31.1. The molecule has 2 heterocycles. The summed E-state index contributed by atoms with van der Waals surface area (Å²) in [7, 11) is -1.29. The number of nitrogens with zero attached hydrogens (tertiary/aromatic N) is 3. The van der Waals surface area contributed by atoms with Gasteiger partial charge in [-0.05, 0) is 30.3 Å². The van der Waals surface area contributed by atoms with E-state index in [1.165, 1.54) is 22.6 Å². The second kappa shape index (κ2) is 8.32. The quantitative estimate of drug-likeness (QED) is 0.210. The SMILES string of the molecule is O=c1c2cc(F)ccc2nc2c(OP(c3ccccc3)c3ccccc3)nc3ccccc3n12. The minimum absolute atomic E-state index is 0.202. The van der Waals surface area contributed by atoms with Crippen LogP contribution >= 0.6 is 8.15 Å². The molecule has 0 saturated heterocycles. The zero-order valence-electron chi connectivity index (χ0n) is 17.8. The van der Waals surface area contributed by atoms with Crippen molar-refractivity contribution in [1.82, 2.24) is 14.4 Å². The molecule has 2 aromatic heterocycles. The monoisotopic (exact) mass is 465 g/mol. The van der Waals surface area contributed by atoms with Crippen LogP contribution in [0.3, 0.4) is 0 Å². The first kappa shape index (κ1) is 20.5. The third kappa shape index (κ3) is 3.49. The predicted octanol–water partition coefficient (Wildman–Crippen LogP) is 4.96. The van der Waals surface area contributed by atoms with Crippen molar-refractivity contribution in [3.05, 3.63) is 119 Å². The normalized spacial score (nSPS) is 11.5. The number of fused-ring (bicyclic) bond motifs is 4. The van der Waals surface area contributed by atoms with Gasteiger partial charge in [-0.1, -0.05) is 72.8 Å². The van der Waals surface area contributed by atoms with Crippen LogP contribution in [0.25, 0.3) is 27.6 Å². The number of aromatic nitrogens is 3. The summed E-state index contributed by atoms with van der Waals surface area (Å²) in [5.41, 5.74) is 1.48.